The van der Waals surface area contributed by atoms with Crippen LogP contribution in [0.2, 0.25) is 0 Å². The Morgan fingerprint density at radius 3 is 2.65 bits per heavy atom. The molecule has 9 heteroatoms. The molecule has 9 nitrogen and oxygen atoms in total. The van der Waals surface area contributed by atoms with Crippen LogP contribution in [0.25, 0.3) is 0 Å². The van der Waals surface area contributed by atoms with Crippen molar-refractivity contribution >= 4 is 17.8 Å². The molecule has 1 aliphatic carbocycles. The van der Waals surface area contributed by atoms with Gasteiger partial charge in [-0.3, -0.25) is 14.4 Å². The second-order valence-corrected chi connectivity index (χ2v) is 9.99. The van der Waals surface area contributed by atoms with Crippen molar-refractivity contribution in [1.29, 1.82) is 0 Å². The molecule has 172 valence electrons. The van der Waals surface area contributed by atoms with Crippen LogP contribution in [-0.4, -0.2) is 97.0 Å². The van der Waals surface area contributed by atoms with Crippen LogP contribution in [-0.2, 0) is 28.6 Å². The lowest BCUT2D eigenvalue weighted by atomic mass is 9.82. The number of hydrogen-bond acceptors (Lipinski definition) is 7. The molecule has 2 bridgehead atoms. The number of likely N-dealkylation sites (tertiary alicyclic amines) is 1. The molecule has 1 N–H and O–H groups in total. The number of carbonyl (C=O) groups is 3. The molecule has 2 amide bonds. The third-order valence-electron chi connectivity index (χ3n) is 8.24. The van der Waals surface area contributed by atoms with Gasteiger partial charge in [-0.25, -0.2) is 0 Å². The van der Waals surface area contributed by atoms with Gasteiger partial charge in [-0.2, -0.15) is 0 Å². The highest BCUT2D eigenvalue weighted by molar-refractivity contribution is 5.81. The summed E-state index contributed by atoms with van der Waals surface area (Å²) < 4.78 is 16.4. The van der Waals surface area contributed by atoms with Crippen LogP contribution in [0.3, 0.4) is 0 Å². The van der Waals surface area contributed by atoms with Crippen LogP contribution in [0.1, 0.15) is 32.1 Å². The third kappa shape index (κ3) is 3.64. The zero-order chi connectivity index (χ0) is 21.9. The summed E-state index contributed by atoms with van der Waals surface area (Å²) in [6.07, 6.45) is 1.76. The minimum absolute atomic E-state index is 0.0131. The average molecular weight is 437 g/mol. The first kappa shape index (κ1) is 21.2. The standard InChI is InChI=1S/C22H32N2O7/c1-23(12-5-13(6-12)29-2)22(28)14-7-17-20(27)15-8-24(9-16(15)21(14)31-17)18(25)3-11-4-19(26)30-10-11/h11-17,20-21,27H,3-10H2,1-2H3/t11?,12?,13?,14-,15+,16-,17-,20-,21+/m0/s1. The molecule has 0 aromatic heterocycles. The zero-order valence-electron chi connectivity index (χ0n) is 18.1. The van der Waals surface area contributed by atoms with Gasteiger partial charge in [-0.15, -0.1) is 0 Å². The first-order chi connectivity index (χ1) is 14.9. The number of ether oxygens (including phenoxy) is 3. The summed E-state index contributed by atoms with van der Waals surface area (Å²) in [6, 6.07) is 0.191. The Labute approximate surface area is 182 Å². The summed E-state index contributed by atoms with van der Waals surface area (Å²) in [4.78, 5) is 41.1. The third-order valence-corrected chi connectivity index (χ3v) is 8.24. The van der Waals surface area contributed by atoms with Gasteiger partial charge in [0.2, 0.25) is 11.8 Å². The summed E-state index contributed by atoms with van der Waals surface area (Å²) in [7, 11) is 3.55. The van der Waals surface area contributed by atoms with E-state index in [0.29, 0.717) is 26.1 Å². The highest BCUT2D eigenvalue weighted by Crippen LogP contribution is 2.48. The lowest BCUT2D eigenvalue weighted by molar-refractivity contribution is -0.151. The second kappa shape index (κ2) is 8.01. The maximum absolute atomic E-state index is 13.3. The Kier molecular flexibility index (Phi) is 5.46. The largest absolute Gasteiger partial charge is 0.465 e. The van der Waals surface area contributed by atoms with Gasteiger partial charge in [-0.1, -0.05) is 0 Å². The second-order valence-electron chi connectivity index (χ2n) is 9.99. The van der Waals surface area contributed by atoms with Gasteiger partial charge in [0, 0.05) is 57.5 Å². The number of esters is 1. The number of aliphatic hydroxyl groups is 1. The molecule has 0 aromatic carbocycles. The lowest BCUT2D eigenvalue weighted by Gasteiger charge is -2.42. The molecule has 0 spiro atoms. The normalized spacial score (nSPS) is 43.4. The molecular weight excluding hydrogens is 404 g/mol. The van der Waals surface area contributed by atoms with E-state index in [9.17, 15) is 19.5 Å². The Bertz CT molecular complexity index is 754. The minimum Gasteiger partial charge on any atom is -0.465 e. The predicted octanol–water partition coefficient (Wildman–Crippen LogP) is -0.202. The van der Waals surface area contributed by atoms with Crippen molar-refractivity contribution < 1.29 is 33.7 Å². The molecule has 5 fully saturated rings. The zero-order valence-corrected chi connectivity index (χ0v) is 18.1. The topological polar surface area (TPSA) is 106 Å². The molecule has 31 heavy (non-hydrogen) atoms. The SMILES string of the molecule is COC1CC(N(C)C(=O)[C@H]2C[C@@H]3O[C@H]2[C@H]2CN(C(=O)CC4COC(=O)C4)C[C@H]2[C@@H]3O)C1. The first-order valence-electron chi connectivity index (χ1n) is 11.4. The monoisotopic (exact) mass is 436 g/mol. The number of cyclic esters (lactones) is 1. The molecule has 0 aromatic rings. The van der Waals surface area contributed by atoms with Gasteiger partial charge >= 0.3 is 5.97 Å². The van der Waals surface area contributed by atoms with Crippen LogP contribution in [0.15, 0.2) is 0 Å². The number of amides is 2. The summed E-state index contributed by atoms with van der Waals surface area (Å²) in [5.74, 6) is -0.651. The van der Waals surface area contributed by atoms with E-state index in [1.807, 2.05) is 11.9 Å². The van der Waals surface area contributed by atoms with Gasteiger partial charge in [0.25, 0.3) is 0 Å². The van der Waals surface area contributed by atoms with Crippen molar-refractivity contribution in [3.05, 3.63) is 0 Å². The number of aliphatic hydroxyl groups excluding tert-OH is 1. The first-order valence-corrected chi connectivity index (χ1v) is 11.4. The molecular formula is C22H32N2O7. The van der Waals surface area contributed by atoms with Gasteiger partial charge in [0.1, 0.15) is 0 Å². The van der Waals surface area contributed by atoms with E-state index >= 15 is 0 Å². The quantitative estimate of drug-likeness (QED) is 0.595. The van der Waals surface area contributed by atoms with E-state index in [0.717, 1.165) is 12.8 Å². The van der Waals surface area contributed by atoms with E-state index in [4.69, 9.17) is 14.2 Å². The van der Waals surface area contributed by atoms with E-state index in [-0.39, 0.29) is 78.7 Å². The molecule has 4 aliphatic heterocycles. The van der Waals surface area contributed by atoms with E-state index < -0.39 is 6.10 Å². The number of carbonyl (C=O) groups excluding carboxylic acids is 3. The van der Waals surface area contributed by atoms with Crippen molar-refractivity contribution in [3.63, 3.8) is 0 Å². The molecule has 4 saturated heterocycles. The molecule has 1 saturated carbocycles. The highest BCUT2D eigenvalue weighted by atomic mass is 16.5. The number of nitrogens with zero attached hydrogens (tertiary/aromatic N) is 2. The Morgan fingerprint density at radius 1 is 1.23 bits per heavy atom. The maximum atomic E-state index is 13.3. The molecule has 0 radical (unpaired) electrons. The summed E-state index contributed by atoms with van der Waals surface area (Å²) in [5.41, 5.74) is 0. The van der Waals surface area contributed by atoms with Crippen molar-refractivity contribution in [1.82, 2.24) is 9.80 Å². The molecule has 4 heterocycles. The van der Waals surface area contributed by atoms with Crippen LogP contribution in [0, 0.1) is 23.7 Å². The maximum Gasteiger partial charge on any atom is 0.306 e. The fraction of sp³-hybridized carbons (Fsp3) is 0.864. The molecule has 1 unspecified atom stereocenters. The number of methoxy groups -OCH3 is 1. The van der Waals surface area contributed by atoms with Crippen molar-refractivity contribution in [2.75, 3.05) is 33.9 Å². The van der Waals surface area contributed by atoms with Crippen molar-refractivity contribution in [2.45, 2.75) is 62.6 Å². The van der Waals surface area contributed by atoms with Crippen LogP contribution in [0.4, 0.5) is 0 Å². The molecule has 7 atom stereocenters. The number of rotatable bonds is 5. The minimum atomic E-state index is -0.667. The molecule has 5 aliphatic rings. The van der Waals surface area contributed by atoms with Crippen molar-refractivity contribution in [2.24, 2.45) is 23.7 Å². The van der Waals surface area contributed by atoms with E-state index in [1.165, 1.54) is 0 Å². The van der Waals surface area contributed by atoms with Crippen molar-refractivity contribution in [3.8, 4) is 0 Å². The van der Waals surface area contributed by atoms with Crippen LogP contribution < -0.4 is 0 Å². The summed E-state index contributed by atoms with van der Waals surface area (Å²) >= 11 is 0. The predicted molar refractivity (Wildman–Crippen MR) is 107 cm³/mol. The van der Waals surface area contributed by atoms with Gasteiger partial charge in [0.15, 0.2) is 0 Å². The fourth-order valence-corrected chi connectivity index (χ4v) is 6.20. The summed E-state index contributed by atoms with van der Waals surface area (Å²) in [5, 5.41) is 10.9. The Balaban J connectivity index is 1.23. The van der Waals surface area contributed by atoms with Crippen LogP contribution >= 0.6 is 0 Å². The summed E-state index contributed by atoms with van der Waals surface area (Å²) in [6.45, 7) is 1.27. The average Bonchev–Trinajstić information content (AvgIpc) is 3.42. The van der Waals surface area contributed by atoms with E-state index in [1.54, 1.807) is 12.0 Å². The fourth-order valence-electron chi connectivity index (χ4n) is 6.20. The van der Waals surface area contributed by atoms with Gasteiger partial charge < -0.3 is 29.1 Å². The lowest BCUT2D eigenvalue weighted by Crippen LogP contribution is -2.52. The Morgan fingerprint density at radius 2 is 1.97 bits per heavy atom. The highest BCUT2D eigenvalue weighted by Gasteiger charge is 2.59. The van der Waals surface area contributed by atoms with Gasteiger partial charge in [0.05, 0.1) is 43.4 Å². The van der Waals surface area contributed by atoms with Gasteiger partial charge in [-0.05, 0) is 19.3 Å². The Hall–Kier alpha value is -1.71. The van der Waals surface area contributed by atoms with E-state index in [2.05, 4.69) is 0 Å². The molecule has 5 rings (SSSR count). The number of fused-ring (bicyclic) bond motifs is 4. The number of hydrogen-bond donors (Lipinski definition) is 1. The van der Waals surface area contributed by atoms with Crippen LogP contribution in [0.5, 0.6) is 0 Å². The smallest absolute Gasteiger partial charge is 0.306 e.